The van der Waals surface area contributed by atoms with Crippen LogP contribution in [0.25, 0.3) is 0 Å². The highest BCUT2D eigenvalue weighted by Gasteiger charge is 2.39. The third-order valence-electron chi connectivity index (χ3n) is 6.20. The minimum Gasteiger partial charge on any atom is -0.472 e. The van der Waals surface area contributed by atoms with Gasteiger partial charge in [-0.15, -0.1) is 13.2 Å². The predicted octanol–water partition coefficient (Wildman–Crippen LogP) is 3.37. The Hall–Kier alpha value is -2.95. The van der Waals surface area contributed by atoms with E-state index in [0.717, 1.165) is 36.7 Å². The summed E-state index contributed by atoms with van der Waals surface area (Å²) in [6.07, 6.45) is 1.28. The van der Waals surface area contributed by atoms with Crippen LogP contribution in [0.4, 0.5) is 17.6 Å². The Morgan fingerprint density at radius 1 is 1.09 bits per heavy atom. The summed E-state index contributed by atoms with van der Waals surface area (Å²) >= 11 is 0. The summed E-state index contributed by atoms with van der Waals surface area (Å²) in [6, 6.07) is 2.45. The van der Waals surface area contributed by atoms with Crippen LogP contribution in [0.2, 0.25) is 0 Å². The number of carbonyl (C=O) groups excluding carboxylic acids is 1. The van der Waals surface area contributed by atoms with Gasteiger partial charge in [0.2, 0.25) is 5.88 Å². The molecule has 0 unspecified atom stereocenters. The van der Waals surface area contributed by atoms with Gasteiger partial charge in [0.05, 0.1) is 23.7 Å². The highest BCUT2D eigenvalue weighted by molar-refractivity contribution is 5.95. The number of piperazine rings is 1. The van der Waals surface area contributed by atoms with Crippen molar-refractivity contribution < 1.29 is 31.8 Å². The fraction of sp³-hybridized carbons (Fsp3) is 0.500. The number of alkyl halides is 3. The first-order chi connectivity index (χ1) is 15.7. The zero-order valence-corrected chi connectivity index (χ0v) is 17.6. The molecule has 5 rings (SSSR count). The molecule has 3 heterocycles. The summed E-state index contributed by atoms with van der Waals surface area (Å²) in [6.45, 7) is 1.89. The Kier molecular flexibility index (Phi) is 5.59. The Morgan fingerprint density at radius 3 is 2.61 bits per heavy atom. The molecule has 0 spiro atoms. The highest BCUT2D eigenvalue weighted by atomic mass is 19.4. The van der Waals surface area contributed by atoms with E-state index in [1.165, 1.54) is 4.90 Å². The fourth-order valence-electron chi connectivity index (χ4n) is 4.45. The van der Waals surface area contributed by atoms with Crippen molar-refractivity contribution in [2.45, 2.75) is 43.7 Å². The van der Waals surface area contributed by atoms with Crippen molar-refractivity contribution in [2.75, 3.05) is 26.2 Å². The molecule has 2 saturated heterocycles. The molecule has 0 radical (unpaired) electrons. The zero-order chi connectivity index (χ0) is 23.2. The average Bonchev–Trinajstić information content (AvgIpc) is 3.54. The van der Waals surface area contributed by atoms with Crippen LogP contribution in [-0.4, -0.2) is 70.4 Å². The zero-order valence-electron chi connectivity index (χ0n) is 17.6. The van der Waals surface area contributed by atoms with Gasteiger partial charge in [-0.25, -0.2) is 9.37 Å². The van der Waals surface area contributed by atoms with Crippen molar-refractivity contribution in [3.63, 3.8) is 0 Å². The average molecular weight is 466 g/mol. The lowest BCUT2D eigenvalue weighted by atomic mass is 10.1. The molecule has 0 bridgehead atoms. The lowest BCUT2D eigenvalue weighted by Gasteiger charge is -2.37. The minimum atomic E-state index is -4.93. The van der Waals surface area contributed by atoms with Crippen LogP contribution in [0.5, 0.6) is 11.6 Å². The number of carbonyl (C=O) groups is 1. The standard InChI is InChI=1S/C22H22F4N4O3/c23-18-4-3-15(33-22(24,25)26)8-17(18)21(31)30-6-5-29-12-16(7-14(29)11-30)32-20-10-27-19(9-28-20)13-1-2-13/h3-4,8-10,13-14,16H,1-2,5-7,11-12H2/t14-,16+/m0/s1. The quantitative estimate of drug-likeness (QED) is 0.630. The number of aromatic nitrogens is 2. The maximum Gasteiger partial charge on any atom is 0.573 e. The Bertz CT molecular complexity index is 1030. The Labute approximate surface area is 187 Å². The van der Waals surface area contributed by atoms with E-state index in [0.29, 0.717) is 44.4 Å². The van der Waals surface area contributed by atoms with Crippen molar-refractivity contribution >= 4 is 5.91 Å². The second kappa shape index (κ2) is 8.44. The van der Waals surface area contributed by atoms with Gasteiger partial charge in [0.1, 0.15) is 17.7 Å². The van der Waals surface area contributed by atoms with Crippen molar-refractivity contribution in [2.24, 2.45) is 0 Å². The number of fused-ring (bicyclic) bond motifs is 1. The molecular formula is C22H22F4N4O3. The van der Waals surface area contributed by atoms with Gasteiger partial charge in [-0.05, 0) is 31.0 Å². The normalized spacial score (nSPS) is 23.3. The first-order valence-corrected chi connectivity index (χ1v) is 10.8. The van der Waals surface area contributed by atoms with Gasteiger partial charge in [-0.1, -0.05) is 0 Å². The van der Waals surface area contributed by atoms with Crippen molar-refractivity contribution in [1.82, 2.24) is 19.8 Å². The van der Waals surface area contributed by atoms with Gasteiger partial charge < -0.3 is 14.4 Å². The largest absolute Gasteiger partial charge is 0.573 e. The number of benzene rings is 1. The number of amides is 1. The van der Waals surface area contributed by atoms with Crippen LogP contribution in [0.1, 0.15) is 41.2 Å². The number of halogens is 4. The molecule has 33 heavy (non-hydrogen) atoms. The monoisotopic (exact) mass is 466 g/mol. The van der Waals surface area contributed by atoms with Crippen molar-refractivity contribution in [3.05, 3.63) is 47.7 Å². The number of hydrogen-bond acceptors (Lipinski definition) is 6. The molecule has 1 aromatic carbocycles. The molecule has 2 aliphatic heterocycles. The fourth-order valence-corrected chi connectivity index (χ4v) is 4.45. The van der Waals surface area contributed by atoms with Crippen molar-refractivity contribution in [1.29, 1.82) is 0 Å². The van der Waals surface area contributed by atoms with Crippen LogP contribution < -0.4 is 9.47 Å². The SMILES string of the molecule is O=C(c1cc(OC(F)(F)F)ccc1F)N1CCN2C[C@H](Oc3cnc(C4CC4)cn3)C[C@H]2C1. The lowest BCUT2D eigenvalue weighted by molar-refractivity contribution is -0.274. The summed E-state index contributed by atoms with van der Waals surface area (Å²) in [7, 11) is 0. The lowest BCUT2D eigenvalue weighted by Crippen LogP contribution is -2.52. The van der Waals surface area contributed by atoms with E-state index >= 15 is 0 Å². The topological polar surface area (TPSA) is 67.8 Å². The summed E-state index contributed by atoms with van der Waals surface area (Å²) in [4.78, 5) is 25.3. The van der Waals surface area contributed by atoms with Gasteiger partial charge in [-0.3, -0.25) is 14.7 Å². The van der Waals surface area contributed by atoms with Crippen LogP contribution in [0.3, 0.4) is 0 Å². The molecule has 1 amide bonds. The maximum atomic E-state index is 14.2. The van der Waals surface area contributed by atoms with E-state index in [2.05, 4.69) is 19.6 Å². The second-order valence-corrected chi connectivity index (χ2v) is 8.62. The third-order valence-corrected chi connectivity index (χ3v) is 6.20. The molecule has 0 N–H and O–H groups in total. The van der Waals surface area contributed by atoms with E-state index in [9.17, 15) is 22.4 Å². The van der Waals surface area contributed by atoms with Gasteiger partial charge in [-0.2, -0.15) is 0 Å². The first-order valence-electron chi connectivity index (χ1n) is 10.8. The molecule has 11 heteroatoms. The van der Waals surface area contributed by atoms with Crippen LogP contribution in [-0.2, 0) is 0 Å². The minimum absolute atomic E-state index is 0.00376. The van der Waals surface area contributed by atoms with E-state index in [4.69, 9.17) is 4.74 Å². The number of nitrogens with zero attached hydrogens (tertiary/aromatic N) is 4. The highest BCUT2D eigenvalue weighted by Crippen LogP contribution is 2.38. The molecule has 3 fully saturated rings. The molecule has 7 nitrogen and oxygen atoms in total. The molecule has 176 valence electrons. The van der Waals surface area contributed by atoms with Gasteiger partial charge >= 0.3 is 6.36 Å². The van der Waals surface area contributed by atoms with Crippen LogP contribution in [0, 0.1) is 5.82 Å². The molecule has 1 aromatic heterocycles. The van der Waals surface area contributed by atoms with Crippen LogP contribution in [0.15, 0.2) is 30.6 Å². The van der Waals surface area contributed by atoms with E-state index in [-0.39, 0.29) is 12.1 Å². The number of hydrogen-bond donors (Lipinski definition) is 0. The Morgan fingerprint density at radius 2 is 1.91 bits per heavy atom. The molecule has 3 aliphatic rings. The molecule has 2 atom stereocenters. The molecule has 2 aromatic rings. The summed E-state index contributed by atoms with van der Waals surface area (Å²) in [5.74, 6) is -1.21. The molecule has 1 aliphatic carbocycles. The maximum absolute atomic E-state index is 14.2. The number of ether oxygens (including phenoxy) is 2. The predicted molar refractivity (Wildman–Crippen MR) is 107 cm³/mol. The van der Waals surface area contributed by atoms with Gasteiger partial charge in [0.15, 0.2) is 0 Å². The van der Waals surface area contributed by atoms with Gasteiger partial charge in [0.25, 0.3) is 5.91 Å². The van der Waals surface area contributed by atoms with E-state index in [1.54, 1.807) is 12.4 Å². The first kappa shape index (κ1) is 21.9. The van der Waals surface area contributed by atoms with Gasteiger partial charge in [0, 0.05) is 44.6 Å². The smallest absolute Gasteiger partial charge is 0.472 e. The van der Waals surface area contributed by atoms with E-state index < -0.39 is 29.4 Å². The Balaban J connectivity index is 1.21. The summed E-state index contributed by atoms with van der Waals surface area (Å²) in [5.41, 5.74) is 0.541. The summed E-state index contributed by atoms with van der Waals surface area (Å²) < 4.78 is 61.5. The molecule has 1 saturated carbocycles. The third kappa shape index (κ3) is 5.02. The number of rotatable bonds is 5. The molecular weight excluding hydrogens is 444 g/mol. The summed E-state index contributed by atoms with van der Waals surface area (Å²) in [5, 5.41) is 0. The second-order valence-electron chi connectivity index (χ2n) is 8.62. The van der Waals surface area contributed by atoms with Crippen LogP contribution >= 0.6 is 0 Å². The van der Waals surface area contributed by atoms with Crippen molar-refractivity contribution in [3.8, 4) is 11.6 Å². The van der Waals surface area contributed by atoms with E-state index in [1.807, 2.05) is 0 Å².